The molecule has 1 amide bonds. The van der Waals surface area contributed by atoms with Crippen molar-refractivity contribution in [3.8, 4) is 5.75 Å². The van der Waals surface area contributed by atoms with Crippen molar-refractivity contribution in [3.05, 3.63) is 24.3 Å². The minimum Gasteiger partial charge on any atom is -0.494 e. The first-order valence-electron chi connectivity index (χ1n) is 5.39. The highest BCUT2D eigenvalue weighted by Gasteiger charge is 2.07. The van der Waals surface area contributed by atoms with Crippen molar-refractivity contribution < 1.29 is 9.53 Å². The minimum atomic E-state index is -0.293. The van der Waals surface area contributed by atoms with Crippen LogP contribution in [-0.4, -0.2) is 19.1 Å². The van der Waals surface area contributed by atoms with Crippen molar-refractivity contribution in [1.29, 1.82) is 0 Å². The number of nitrogens with one attached hydrogen (secondary N) is 1. The van der Waals surface area contributed by atoms with Gasteiger partial charge in [0.25, 0.3) is 0 Å². The molecule has 0 saturated heterocycles. The lowest BCUT2D eigenvalue weighted by molar-refractivity contribution is -0.120. The van der Waals surface area contributed by atoms with E-state index < -0.39 is 0 Å². The second kappa shape index (κ2) is 6.00. The molecule has 1 aromatic carbocycles. The van der Waals surface area contributed by atoms with E-state index in [2.05, 4.69) is 5.32 Å². The maximum absolute atomic E-state index is 10.8. The summed E-state index contributed by atoms with van der Waals surface area (Å²) in [6.45, 7) is 4.94. The fraction of sp³-hybridized carbons (Fsp3) is 0.417. The van der Waals surface area contributed by atoms with Crippen LogP contribution < -0.4 is 15.8 Å². The van der Waals surface area contributed by atoms with E-state index in [0.717, 1.165) is 11.4 Å². The summed E-state index contributed by atoms with van der Waals surface area (Å²) in [6, 6.07) is 7.61. The zero-order chi connectivity index (χ0) is 12.0. The number of hydrogen-bond acceptors (Lipinski definition) is 3. The number of carbonyl (C=O) groups excluding carboxylic acids is 1. The van der Waals surface area contributed by atoms with Crippen LogP contribution in [0, 0.1) is 5.92 Å². The first-order valence-corrected chi connectivity index (χ1v) is 5.39. The summed E-state index contributed by atoms with van der Waals surface area (Å²) in [5.41, 5.74) is 6.12. The lowest BCUT2D eigenvalue weighted by Crippen LogP contribution is -2.26. The predicted octanol–water partition coefficient (Wildman–Crippen LogP) is 1.62. The Morgan fingerprint density at radius 2 is 2.06 bits per heavy atom. The highest BCUT2D eigenvalue weighted by Crippen LogP contribution is 2.15. The molecular weight excluding hydrogens is 204 g/mol. The van der Waals surface area contributed by atoms with Crippen molar-refractivity contribution in [2.45, 2.75) is 13.8 Å². The van der Waals surface area contributed by atoms with Gasteiger partial charge in [-0.1, -0.05) is 6.92 Å². The number of rotatable bonds is 6. The van der Waals surface area contributed by atoms with Gasteiger partial charge in [0, 0.05) is 12.2 Å². The number of anilines is 1. The summed E-state index contributed by atoms with van der Waals surface area (Å²) in [4.78, 5) is 10.8. The average molecular weight is 222 g/mol. The lowest BCUT2D eigenvalue weighted by atomic mass is 10.1. The van der Waals surface area contributed by atoms with Crippen LogP contribution in [0.25, 0.3) is 0 Å². The molecule has 0 spiro atoms. The number of carbonyl (C=O) groups is 1. The van der Waals surface area contributed by atoms with Crippen molar-refractivity contribution in [2.75, 3.05) is 18.5 Å². The number of primary amides is 1. The third-order valence-corrected chi connectivity index (χ3v) is 2.26. The van der Waals surface area contributed by atoms with Gasteiger partial charge in [0.05, 0.1) is 12.5 Å². The third-order valence-electron chi connectivity index (χ3n) is 2.26. The Morgan fingerprint density at radius 1 is 1.44 bits per heavy atom. The van der Waals surface area contributed by atoms with Crippen molar-refractivity contribution in [1.82, 2.24) is 0 Å². The molecule has 0 aliphatic heterocycles. The molecule has 16 heavy (non-hydrogen) atoms. The quantitative estimate of drug-likeness (QED) is 0.768. The molecule has 3 N–H and O–H groups in total. The molecule has 0 saturated carbocycles. The summed E-state index contributed by atoms with van der Waals surface area (Å²) in [7, 11) is 0. The molecule has 1 aromatic rings. The Kier molecular flexibility index (Phi) is 4.64. The summed E-state index contributed by atoms with van der Waals surface area (Å²) in [5, 5.41) is 3.14. The number of amides is 1. The molecule has 0 fully saturated rings. The fourth-order valence-electron chi connectivity index (χ4n) is 1.21. The van der Waals surface area contributed by atoms with Crippen LogP contribution in [-0.2, 0) is 4.79 Å². The van der Waals surface area contributed by atoms with Crippen LogP contribution in [0.4, 0.5) is 5.69 Å². The van der Waals surface area contributed by atoms with E-state index in [-0.39, 0.29) is 11.8 Å². The van der Waals surface area contributed by atoms with Crippen LogP contribution in [0.2, 0.25) is 0 Å². The number of hydrogen-bond donors (Lipinski definition) is 2. The molecule has 88 valence electrons. The summed E-state index contributed by atoms with van der Waals surface area (Å²) in [6.07, 6.45) is 0. The maximum atomic E-state index is 10.8. The van der Waals surface area contributed by atoms with Gasteiger partial charge in [-0.05, 0) is 31.2 Å². The maximum Gasteiger partial charge on any atom is 0.222 e. The molecule has 0 radical (unpaired) electrons. The molecule has 0 aliphatic carbocycles. The Labute approximate surface area is 95.8 Å². The van der Waals surface area contributed by atoms with E-state index in [1.165, 1.54) is 0 Å². The zero-order valence-corrected chi connectivity index (χ0v) is 9.69. The standard InChI is InChI=1S/C12H18N2O2/c1-3-16-11-6-4-10(5-7-11)14-8-9(2)12(13)15/h4-7,9,14H,3,8H2,1-2H3,(H2,13,15). The topological polar surface area (TPSA) is 64.3 Å². The second-order valence-electron chi connectivity index (χ2n) is 3.64. The smallest absolute Gasteiger partial charge is 0.222 e. The highest BCUT2D eigenvalue weighted by molar-refractivity contribution is 5.76. The second-order valence-corrected chi connectivity index (χ2v) is 3.64. The van der Waals surface area contributed by atoms with Gasteiger partial charge < -0.3 is 15.8 Å². The molecule has 4 nitrogen and oxygen atoms in total. The van der Waals surface area contributed by atoms with Gasteiger partial charge in [-0.3, -0.25) is 4.79 Å². The molecular formula is C12H18N2O2. The Hall–Kier alpha value is -1.71. The van der Waals surface area contributed by atoms with E-state index in [4.69, 9.17) is 10.5 Å². The van der Waals surface area contributed by atoms with Gasteiger partial charge in [0.15, 0.2) is 0 Å². The Bertz CT molecular complexity index is 335. The van der Waals surface area contributed by atoms with Gasteiger partial charge in [-0.2, -0.15) is 0 Å². The largest absolute Gasteiger partial charge is 0.494 e. The third kappa shape index (κ3) is 3.81. The SMILES string of the molecule is CCOc1ccc(NCC(C)C(N)=O)cc1. The molecule has 1 atom stereocenters. The van der Waals surface area contributed by atoms with Gasteiger partial charge in [0.1, 0.15) is 5.75 Å². The first-order chi connectivity index (χ1) is 7.63. The molecule has 1 rings (SSSR count). The lowest BCUT2D eigenvalue weighted by Gasteiger charge is -2.10. The van der Waals surface area contributed by atoms with Gasteiger partial charge in [0.2, 0.25) is 5.91 Å². The van der Waals surface area contributed by atoms with Crippen molar-refractivity contribution in [2.24, 2.45) is 11.7 Å². The number of nitrogens with two attached hydrogens (primary N) is 1. The van der Waals surface area contributed by atoms with Crippen LogP contribution in [0.5, 0.6) is 5.75 Å². The molecule has 0 bridgehead atoms. The monoisotopic (exact) mass is 222 g/mol. The zero-order valence-electron chi connectivity index (χ0n) is 9.69. The average Bonchev–Trinajstić information content (AvgIpc) is 2.28. The van der Waals surface area contributed by atoms with Crippen LogP contribution in [0.15, 0.2) is 24.3 Å². The Morgan fingerprint density at radius 3 is 2.56 bits per heavy atom. The molecule has 0 aliphatic rings. The highest BCUT2D eigenvalue weighted by atomic mass is 16.5. The number of ether oxygens (including phenoxy) is 1. The predicted molar refractivity (Wildman–Crippen MR) is 64.5 cm³/mol. The molecule has 0 heterocycles. The summed E-state index contributed by atoms with van der Waals surface area (Å²) >= 11 is 0. The van der Waals surface area contributed by atoms with E-state index in [1.807, 2.05) is 31.2 Å². The summed E-state index contributed by atoms with van der Waals surface area (Å²) < 4.78 is 5.32. The molecule has 4 heteroatoms. The van der Waals surface area contributed by atoms with E-state index >= 15 is 0 Å². The van der Waals surface area contributed by atoms with Gasteiger partial charge >= 0.3 is 0 Å². The molecule has 0 aromatic heterocycles. The first kappa shape index (κ1) is 12.4. The molecule has 1 unspecified atom stereocenters. The van der Waals surface area contributed by atoms with Crippen molar-refractivity contribution in [3.63, 3.8) is 0 Å². The van der Waals surface area contributed by atoms with E-state index in [9.17, 15) is 4.79 Å². The van der Waals surface area contributed by atoms with E-state index in [0.29, 0.717) is 13.2 Å². The van der Waals surface area contributed by atoms with Crippen LogP contribution >= 0.6 is 0 Å². The van der Waals surface area contributed by atoms with Crippen LogP contribution in [0.1, 0.15) is 13.8 Å². The normalized spacial score (nSPS) is 11.9. The van der Waals surface area contributed by atoms with Crippen LogP contribution in [0.3, 0.4) is 0 Å². The van der Waals surface area contributed by atoms with E-state index in [1.54, 1.807) is 6.92 Å². The fourth-order valence-corrected chi connectivity index (χ4v) is 1.21. The number of benzene rings is 1. The van der Waals surface area contributed by atoms with Gasteiger partial charge in [-0.25, -0.2) is 0 Å². The summed E-state index contributed by atoms with van der Waals surface area (Å²) in [5.74, 6) is 0.376. The minimum absolute atomic E-state index is 0.174. The Balaban J connectivity index is 2.46. The van der Waals surface area contributed by atoms with Crippen molar-refractivity contribution >= 4 is 11.6 Å². The van der Waals surface area contributed by atoms with Gasteiger partial charge in [-0.15, -0.1) is 0 Å².